The Morgan fingerprint density at radius 1 is 1.56 bits per heavy atom. The topological polar surface area (TPSA) is 74.6 Å². The van der Waals surface area contributed by atoms with Crippen LogP contribution in [0.2, 0.25) is 0 Å². The Bertz CT molecular complexity index is 191. The minimum atomic E-state index is -3.94. The maximum absolute atomic E-state index is 9.94. The van der Waals surface area contributed by atoms with Crippen LogP contribution in [-0.2, 0) is 10.1 Å². The Kier molecular flexibility index (Phi) is 2.66. The largest absolute Gasteiger partial charge is 0.513 e. The van der Waals surface area contributed by atoms with Gasteiger partial charge < -0.3 is 5.11 Å². The number of hydrogen-bond donors (Lipinski definition) is 2. The zero-order valence-corrected chi connectivity index (χ0v) is 5.56. The van der Waals surface area contributed by atoms with Crippen molar-refractivity contribution in [1.29, 1.82) is 0 Å². The molecule has 0 rings (SSSR count). The maximum atomic E-state index is 9.94. The van der Waals surface area contributed by atoms with Gasteiger partial charge in [0.25, 0.3) is 10.1 Å². The molecule has 0 aliphatic rings. The quantitative estimate of drug-likeness (QED) is 0.451. The highest BCUT2D eigenvalue weighted by molar-refractivity contribution is 7.85. The van der Waals surface area contributed by atoms with Crippen LogP contribution >= 0.6 is 0 Å². The van der Waals surface area contributed by atoms with Crippen molar-refractivity contribution in [3.05, 3.63) is 12.3 Å². The van der Waals surface area contributed by atoms with Crippen molar-refractivity contribution in [2.45, 2.75) is 6.42 Å². The van der Waals surface area contributed by atoms with Gasteiger partial charge in [0.1, 0.15) is 0 Å². The molecule has 0 bridgehead atoms. The fourth-order valence-corrected chi connectivity index (χ4v) is 0.740. The first-order valence-corrected chi connectivity index (χ1v) is 3.84. The number of aliphatic hydroxyl groups excluding tert-OH is 1. The van der Waals surface area contributed by atoms with E-state index in [-0.39, 0.29) is 12.2 Å². The molecule has 2 N–H and O–H groups in total. The molecule has 0 fully saturated rings. The minimum absolute atomic E-state index is 0.112. The van der Waals surface area contributed by atoms with Gasteiger partial charge in [0.2, 0.25) is 0 Å². The Hall–Kier alpha value is -0.550. The van der Waals surface area contributed by atoms with Crippen LogP contribution in [0.3, 0.4) is 0 Å². The van der Waals surface area contributed by atoms with E-state index < -0.39 is 15.9 Å². The second-order valence-corrected chi connectivity index (χ2v) is 3.17. The molecule has 54 valence electrons. The standard InChI is InChI=1S/C4H8O4S/c1-4(5)2-3-9(6,7)8/h5H,1-3H2,(H,6,7,8). The van der Waals surface area contributed by atoms with E-state index in [0.29, 0.717) is 0 Å². The molecular formula is C4H8O4S. The van der Waals surface area contributed by atoms with E-state index in [1.165, 1.54) is 0 Å². The highest BCUT2D eigenvalue weighted by Gasteiger charge is 2.03. The number of aliphatic hydroxyl groups is 1. The lowest BCUT2D eigenvalue weighted by atomic mass is 10.4. The summed E-state index contributed by atoms with van der Waals surface area (Å²) < 4.78 is 28.0. The fraction of sp³-hybridized carbons (Fsp3) is 0.500. The van der Waals surface area contributed by atoms with Crippen LogP contribution in [-0.4, -0.2) is 23.8 Å². The molecule has 0 aliphatic carbocycles. The van der Waals surface area contributed by atoms with E-state index in [2.05, 4.69) is 6.58 Å². The summed E-state index contributed by atoms with van der Waals surface area (Å²) in [6.07, 6.45) is -0.112. The Labute approximate surface area is 53.6 Å². The zero-order valence-electron chi connectivity index (χ0n) is 4.74. The fourth-order valence-electron chi connectivity index (χ4n) is 0.247. The summed E-state index contributed by atoms with van der Waals surface area (Å²) in [5, 5.41) is 8.35. The third-order valence-electron chi connectivity index (χ3n) is 0.649. The zero-order chi connectivity index (χ0) is 7.49. The van der Waals surface area contributed by atoms with Crippen molar-refractivity contribution in [3.8, 4) is 0 Å². The third-order valence-corrected chi connectivity index (χ3v) is 1.37. The molecule has 0 radical (unpaired) electrons. The van der Waals surface area contributed by atoms with Crippen LogP contribution in [0.1, 0.15) is 6.42 Å². The lowest BCUT2D eigenvalue weighted by Gasteiger charge is -1.93. The van der Waals surface area contributed by atoms with Crippen molar-refractivity contribution in [2.75, 3.05) is 5.75 Å². The van der Waals surface area contributed by atoms with Crippen LogP contribution in [0, 0.1) is 0 Å². The molecule has 0 saturated carbocycles. The van der Waals surface area contributed by atoms with Gasteiger partial charge in [-0.1, -0.05) is 6.58 Å². The van der Waals surface area contributed by atoms with Gasteiger partial charge in [-0.25, -0.2) is 0 Å². The van der Waals surface area contributed by atoms with Crippen LogP contribution in [0.4, 0.5) is 0 Å². The minimum Gasteiger partial charge on any atom is -0.513 e. The van der Waals surface area contributed by atoms with Gasteiger partial charge in [0.05, 0.1) is 11.5 Å². The second kappa shape index (κ2) is 2.84. The van der Waals surface area contributed by atoms with Gasteiger partial charge in [-0.2, -0.15) is 8.42 Å². The summed E-state index contributed by atoms with van der Waals surface area (Å²) in [6.45, 7) is 3.04. The third kappa shape index (κ3) is 7.45. The van der Waals surface area contributed by atoms with Crippen LogP contribution in [0.25, 0.3) is 0 Å². The van der Waals surface area contributed by atoms with E-state index >= 15 is 0 Å². The molecule has 0 spiro atoms. The highest BCUT2D eigenvalue weighted by atomic mass is 32.2. The molecule has 5 heteroatoms. The van der Waals surface area contributed by atoms with Gasteiger partial charge in [-0.05, 0) is 0 Å². The van der Waals surface area contributed by atoms with E-state index in [0.717, 1.165) is 0 Å². The molecule has 0 amide bonds. The SMILES string of the molecule is C=C(O)CCS(=O)(=O)O. The Morgan fingerprint density at radius 2 is 2.00 bits per heavy atom. The number of rotatable bonds is 3. The summed E-state index contributed by atoms with van der Waals surface area (Å²) >= 11 is 0. The van der Waals surface area contributed by atoms with Gasteiger partial charge in [0, 0.05) is 6.42 Å². The highest BCUT2D eigenvalue weighted by Crippen LogP contribution is 1.94. The summed E-state index contributed by atoms with van der Waals surface area (Å²) in [7, 11) is -3.94. The average Bonchev–Trinajstić information content (AvgIpc) is 1.59. The molecule has 0 aliphatic heterocycles. The van der Waals surface area contributed by atoms with Crippen LogP contribution in [0.5, 0.6) is 0 Å². The molecular weight excluding hydrogens is 144 g/mol. The molecule has 0 aromatic carbocycles. The van der Waals surface area contributed by atoms with Gasteiger partial charge in [-0.15, -0.1) is 0 Å². The molecule has 4 nitrogen and oxygen atoms in total. The summed E-state index contributed by atoms with van der Waals surface area (Å²) in [6, 6.07) is 0. The summed E-state index contributed by atoms with van der Waals surface area (Å²) in [4.78, 5) is 0. The average molecular weight is 152 g/mol. The van der Waals surface area contributed by atoms with Gasteiger partial charge >= 0.3 is 0 Å². The molecule has 0 aromatic heterocycles. The lowest BCUT2D eigenvalue weighted by molar-refractivity contribution is 0.394. The van der Waals surface area contributed by atoms with E-state index in [9.17, 15) is 8.42 Å². The Morgan fingerprint density at radius 3 is 2.11 bits per heavy atom. The van der Waals surface area contributed by atoms with Crippen molar-refractivity contribution < 1.29 is 18.1 Å². The molecule has 0 atom stereocenters. The predicted molar refractivity (Wildman–Crippen MR) is 32.8 cm³/mol. The maximum Gasteiger partial charge on any atom is 0.265 e. The van der Waals surface area contributed by atoms with E-state index in [4.69, 9.17) is 9.66 Å². The second-order valence-electron chi connectivity index (χ2n) is 1.60. The lowest BCUT2D eigenvalue weighted by Crippen LogP contribution is -2.03. The van der Waals surface area contributed by atoms with Crippen molar-refractivity contribution in [3.63, 3.8) is 0 Å². The molecule has 0 heterocycles. The number of hydrogen-bond acceptors (Lipinski definition) is 3. The predicted octanol–water partition coefficient (Wildman–Crippen LogP) is 0.336. The molecule has 0 aromatic rings. The Balaban J connectivity index is 3.67. The van der Waals surface area contributed by atoms with Crippen molar-refractivity contribution >= 4 is 10.1 Å². The first-order valence-electron chi connectivity index (χ1n) is 2.24. The van der Waals surface area contributed by atoms with Crippen LogP contribution < -0.4 is 0 Å². The smallest absolute Gasteiger partial charge is 0.265 e. The first kappa shape index (κ1) is 8.45. The number of allylic oxidation sites excluding steroid dienone is 1. The summed E-state index contributed by atoms with van der Waals surface area (Å²) in [5.41, 5.74) is 0. The molecule has 9 heavy (non-hydrogen) atoms. The molecule has 0 saturated heterocycles. The van der Waals surface area contributed by atoms with Gasteiger partial charge in [0.15, 0.2) is 0 Å². The van der Waals surface area contributed by atoms with Crippen molar-refractivity contribution in [1.82, 2.24) is 0 Å². The monoisotopic (exact) mass is 152 g/mol. The van der Waals surface area contributed by atoms with E-state index in [1.54, 1.807) is 0 Å². The van der Waals surface area contributed by atoms with Gasteiger partial charge in [-0.3, -0.25) is 4.55 Å². The van der Waals surface area contributed by atoms with E-state index in [1.807, 2.05) is 0 Å². The summed E-state index contributed by atoms with van der Waals surface area (Å²) in [5.74, 6) is -0.713. The normalized spacial score (nSPS) is 11.2. The first-order chi connectivity index (χ1) is 3.92. The molecule has 0 unspecified atom stereocenters. The van der Waals surface area contributed by atoms with Crippen molar-refractivity contribution in [2.24, 2.45) is 0 Å². The van der Waals surface area contributed by atoms with Crippen LogP contribution in [0.15, 0.2) is 12.3 Å².